The predicted octanol–water partition coefficient (Wildman–Crippen LogP) is 19.6. The third-order valence-electron chi connectivity index (χ3n) is 18.6. The van der Waals surface area contributed by atoms with E-state index in [1.807, 2.05) is 54.1 Å². The van der Waals surface area contributed by atoms with Gasteiger partial charge in [0, 0.05) is 69.0 Å². The molecule has 14 nitrogen and oxygen atoms in total. The second kappa shape index (κ2) is 31.2. The van der Waals surface area contributed by atoms with Crippen molar-refractivity contribution in [1.29, 1.82) is 0 Å². The van der Waals surface area contributed by atoms with Gasteiger partial charge in [0.05, 0.1) is 11.4 Å². The Labute approximate surface area is 601 Å². The SMILES string of the molecule is BrCc1ccc(-c2ccccc2C2N=NN=[N+]2C(c2ccccc2)(c2ccccc2)c2ccccc2)cc1.CCCc1nc(C(C)(C)O)c(C)[nH]1.CCCc1nc(C(C)(C)O)c(C)n1Cc1ccc(-c2ccccc2-c2nnnn2C(c2ccccc2)(c2ccccc2)c2ccccc2)cc1. The zero-order chi connectivity index (χ0) is 70.6. The summed E-state index contributed by atoms with van der Waals surface area (Å²) < 4.78 is 6.29. The molecule has 0 amide bonds. The minimum absolute atomic E-state index is 0.428. The van der Waals surface area contributed by atoms with Gasteiger partial charge < -0.3 is 19.8 Å². The van der Waals surface area contributed by atoms with E-state index in [9.17, 15) is 10.2 Å². The lowest BCUT2D eigenvalue weighted by Gasteiger charge is -2.36. The Hall–Kier alpha value is -10.7. The summed E-state index contributed by atoms with van der Waals surface area (Å²) in [5.74, 6) is 2.64. The normalized spacial score (nSPS) is 13.1. The van der Waals surface area contributed by atoms with E-state index in [0.29, 0.717) is 12.4 Å². The zero-order valence-electron chi connectivity index (χ0n) is 58.6. The number of rotatable bonds is 21. The van der Waals surface area contributed by atoms with E-state index in [1.54, 1.807) is 27.7 Å². The van der Waals surface area contributed by atoms with Crippen LogP contribution in [0.4, 0.5) is 0 Å². The van der Waals surface area contributed by atoms with Gasteiger partial charge in [0.25, 0.3) is 6.17 Å². The molecular formula is C86H86BrN12O2+. The molecule has 14 rings (SSSR count). The number of hydrogen-bond acceptors (Lipinski definition) is 10. The van der Waals surface area contributed by atoms with E-state index in [-0.39, 0.29) is 0 Å². The number of halogens is 1. The highest BCUT2D eigenvalue weighted by Gasteiger charge is 2.52. The molecule has 0 radical (unpaired) electrons. The average molecular weight is 1400 g/mol. The maximum Gasteiger partial charge on any atom is 0.280 e. The van der Waals surface area contributed by atoms with E-state index in [4.69, 9.17) is 25.6 Å². The molecule has 0 bridgehead atoms. The molecular weight excluding hydrogens is 1310 g/mol. The van der Waals surface area contributed by atoms with Gasteiger partial charge in [-0.05, 0) is 115 Å². The van der Waals surface area contributed by atoms with Gasteiger partial charge in [0.1, 0.15) is 28.4 Å². The van der Waals surface area contributed by atoms with Crippen LogP contribution in [0.2, 0.25) is 0 Å². The Morgan fingerprint density at radius 2 is 0.921 bits per heavy atom. The Morgan fingerprint density at radius 3 is 1.39 bits per heavy atom. The van der Waals surface area contributed by atoms with Crippen molar-refractivity contribution in [3.8, 4) is 33.6 Å². The van der Waals surface area contributed by atoms with Crippen LogP contribution in [0.1, 0.15) is 145 Å². The van der Waals surface area contributed by atoms with Crippen molar-refractivity contribution < 1.29 is 14.9 Å². The van der Waals surface area contributed by atoms with Crippen LogP contribution >= 0.6 is 15.9 Å². The minimum atomic E-state index is -1.00. The Kier molecular flexibility index (Phi) is 21.7. The quantitative estimate of drug-likeness (QED) is 0.0365. The number of aromatic amines is 1. The molecule has 13 aromatic rings. The molecule has 4 heterocycles. The van der Waals surface area contributed by atoms with E-state index in [0.717, 1.165) is 138 Å². The van der Waals surface area contributed by atoms with E-state index in [1.165, 1.54) is 5.56 Å². The Balaban J connectivity index is 0.000000166. The lowest BCUT2D eigenvalue weighted by Crippen LogP contribution is -2.42. The van der Waals surface area contributed by atoms with E-state index >= 15 is 0 Å². The summed E-state index contributed by atoms with van der Waals surface area (Å²) in [7, 11) is 0. The average Bonchev–Trinajstić information content (AvgIpc) is 1.72. The van der Waals surface area contributed by atoms with Gasteiger partial charge >= 0.3 is 0 Å². The smallest absolute Gasteiger partial charge is 0.280 e. The molecule has 0 saturated carbocycles. The van der Waals surface area contributed by atoms with Gasteiger partial charge in [-0.2, -0.15) is 0 Å². The van der Waals surface area contributed by atoms with Crippen molar-refractivity contribution >= 4 is 15.9 Å². The maximum atomic E-state index is 10.8. The van der Waals surface area contributed by atoms with Crippen LogP contribution in [-0.2, 0) is 47.0 Å². The second-order valence-corrected chi connectivity index (χ2v) is 27.1. The first kappa shape index (κ1) is 70.2. The van der Waals surface area contributed by atoms with E-state index < -0.39 is 28.4 Å². The fraction of sp³-hybridized carbons (Fsp3) is 0.221. The number of imidazole rings is 2. The van der Waals surface area contributed by atoms with Gasteiger partial charge in [0.15, 0.2) is 11.0 Å². The number of aryl methyl sites for hydroxylation is 3. The van der Waals surface area contributed by atoms with Crippen LogP contribution in [0.15, 0.2) is 295 Å². The summed E-state index contributed by atoms with van der Waals surface area (Å²) in [6.07, 6.45) is 3.42. The lowest BCUT2D eigenvalue weighted by molar-refractivity contribution is -0.683. The van der Waals surface area contributed by atoms with Gasteiger partial charge in [-0.3, -0.25) is 0 Å². The first-order chi connectivity index (χ1) is 49.1. The van der Waals surface area contributed by atoms with Gasteiger partial charge in [-0.25, -0.2) is 14.6 Å². The molecule has 15 heteroatoms. The van der Waals surface area contributed by atoms with Crippen LogP contribution < -0.4 is 0 Å². The maximum absolute atomic E-state index is 10.8. The molecule has 1 atom stereocenters. The molecule has 101 heavy (non-hydrogen) atoms. The summed E-state index contributed by atoms with van der Waals surface area (Å²) in [4.78, 5) is 12.4. The number of aliphatic hydroxyl groups is 2. The monoisotopic (exact) mass is 1400 g/mol. The first-order valence-electron chi connectivity index (χ1n) is 34.6. The largest absolute Gasteiger partial charge is 0.384 e. The molecule has 10 aromatic carbocycles. The van der Waals surface area contributed by atoms with Crippen LogP contribution in [0.5, 0.6) is 0 Å². The number of tetrazole rings is 1. The van der Waals surface area contributed by atoms with Crippen molar-refractivity contribution in [2.45, 2.75) is 121 Å². The number of hydrogen-bond donors (Lipinski definition) is 3. The van der Waals surface area contributed by atoms with Crippen LogP contribution in [0.25, 0.3) is 33.6 Å². The van der Waals surface area contributed by atoms with Crippen molar-refractivity contribution in [2.75, 3.05) is 0 Å². The molecule has 508 valence electrons. The lowest BCUT2D eigenvalue weighted by atomic mass is 9.76. The minimum Gasteiger partial charge on any atom is -0.384 e. The Bertz CT molecular complexity index is 4700. The van der Waals surface area contributed by atoms with Crippen molar-refractivity contribution in [3.05, 3.63) is 364 Å². The van der Waals surface area contributed by atoms with Gasteiger partial charge in [-0.1, -0.05) is 309 Å². The molecule has 0 saturated heterocycles. The summed E-state index contributed by atoms with van der Waals surface area (Å²) in [6, 6.07) is 97.1. The molecule has 0 aliphatic carbocycles. The molecule has 0 fully saturated rings. The topological polar surface area (TPSA) is 171 Å². The van der Waals surface area contributed by atoms with Crippen LogP contribution in [0, 0.1) is 13.8 Å². The molecule has 1 aliphatic rings. The van der Waals surface area contributed by atoms with Crippen LogP contribution in [-0.4, -0.2) is 54.6 Å². The third-order valence-corrected chi connectivity index (χ3v) is 19.2. The van der Waals surface area contributed by atoms with E-state index in [2.05, 4.69) is 303 Å². The highest BCUT2D eigenvalue weighted by molar-refractivity contribution is 9.08. The predicted molar refractivity (Wildman–Crippen MR) is 405 cm³/mol. The number of nitrogens with one attached hydrogen (secondary N) is 1. The number of benzene rings is 10. The van der Waals surface area contributed by atoms with Crippen molar-refractivity contribution in [1.82, 2.24) is 39.7 Å². The zero-order valence-corrected chi connectivity index (χ0v) is 60.2. The molecule has 0 spiro atoms. The summed E-state index contributed by atoms with van der Waals surface area (Å²) in [5, 5.41) is 49.0. The van der Waals surface area contributed by atoms with Crippen molar-refractivity contribution in [3.63, 3.8) is 0 Å². The molecule has 3 aromatic heterocycles. The second-order valence-electron chi connectivity index (χ2n) is 26.5. The molecule has 1 unspecified atom stereocenters. The molecule has 1 aliphatic heterocycles. The summed E-state index contributed by atoms with van der Waals surface area (Å²) in [6.45, 7) is 16.1. The first-order valence-corrected chi connectivity index (χ1v) is 35.7. The summed E-state index contributed by atoms with van der Waals surface area (Å²) >= 11 is 3.56. The van der Waals surface area contributed by atoms with Crippen molar-refractivity contribution in [2.24, 2.45) is 15.6 Å². The van der Waals surface area contributed by atoms with Gasteiger partial charge in [-0.15, -0.1) is 9.80 Å². The highest BCUT2D eigenvalue weighted by atomic mass is 79.9. The molecule has 3 N–H and O–H groups in total. The number of nitrogens with zero attached hydrogens (tertiary/aromatic N) is 11. The highest BCUT2D eigenvalue weighted by Crippen LogP contribution is 2.48. The fourth-order valence-electron chi connectivity index (χ4n) is 14.0. The van der Waals surface area contributed by atoms with Crippen LogP contribution in [0.3, 0.4) is 0 Å². The standard InChI is InChI=1S/C43H42N6O.C33H26BrN4.C10H18N2O/c1-5-17-39-44-40(42(3,4)50)31(2)48(39)30-32-26-28-33(29-27-32)37-24-15-16-25-38(37)41-45-46-47-49(41)43(34-18-9-6-10-19-34,35-20-11-7-12-21-35)36-22-13-8-14-23-36;34-24-25-20-22-26(23-21-25)30-18-10-11-19-31(30)32-35-36-37-38(32)33(27-12-4-1-5-13-27,28-14-6-2-7-15-28)29-16-8-3-9-17-29;1-5-6-8-11-7(2)9(12-8)10(3,4)13/h6-16,18-29,50H,5,17,30H2,1-4H3;1-23,32H,24H2;13H,5-6H2,1-4H3,(H,11,12)/q;+1;. The Morgan fingerprint density at radius 1 is 0.485 bits per heavy atom. The number of H-pyrrole nitrogens is 1. The number of alkyl halides is 1. The van der Waals surface area contributed by atoms with Gasteiger partial charge in [0.2, 0.25) is 10.8 Å². The number of aromatic nitrogens is 8. The fourth-order valence-corrected chi connectivity index (χ4v) is 14.4. The third kappa shape index (κ3) is 14.7. The summed E-state index contributed by atoms with van der Waals surface area (Å²) in [5.41, 5.74) is 15.2.